The fraction of sp³-hybridized carbons (Fsp3) is 0. The number of anilines is 2. The Kier molecular flexibility index (Phi) is 5.42. The van der Waals surface area contributed by atoms with E-state index in [0.29, 0.717) is 10.7 Å². The average molecular weight is 388 g/mol. The van der Waals surface area contributed by atoms with Crippen LogP contribution in [0, 0.1) is 11.6 Å². The summed E-state index contributed by atoms with van der Waals surface area (Å²) in [5.41, 5.74) is -0.232. The van der Waals surface area contributed by atoms with Crippen LogP contribution in [0.4, 0.5) is 20.2 Å². The number of hydrogen-bond acceptors (Lipinski definition) is 3. The van der Waals surface area contributed by atoms with Gasteiger partial charge in [-0.15, -0.1) is 0 Å². The molecule has 2 aromatic carbocycles. The summed E-state index contributed by atoms with van der Waals surface area (Å²) in [5.74, 6) is -3.19. The Bertz CT molecular complexity index is 1010. The zero-order chi connectivity index (χ0) is 19.4. The minimum atomic E-state index is -0.908. The zero-order valence-corrected chi connectivity index (χ0v) is 14.4. The first-order valence-electron chi connectivity index (χ1n) is 7.73. The predicted octanol–water partition coefficient (Wildman–Crippen LogP) is 4.52. The largest absolute Gasteiger partial charge is 0.319 e. The van der Waals surface area contributed by atoms with Crippen LogP contribution in [0.3, 0.4) is 0 Å². The van der Waals surface area contributed by atoms with Crippen LogP contribution in [0.1, 0.15) is 20.8 Å². The minimum absolute atomic E-state index is 0.0111. The van der Waals surface area contributed by atoms with Crippen molar-refractivity contribution in [2.75, 3.05) is 10.6 Å². The van der Waals surface area contributed by atoms with Crippen molar-refractivity contribution in [2.24, 2.45) is 0 Å². The average Bonchev–Trinajstić information content (AvgIpc) is 2.66. The fourth-order valence-corrected chi connectivity index (χ4v) is 2.43. The molecule has 3 aromatic rings. The molecule has 8 heteroatoms. The second-order valence-corrected chi connectivity index (χ2v) is 5.82. The SMILES string of the molecule is O=C(Nc1c(F)cccc1F)c1ccnc(C(=O)Nc2ccccc2Cl)c1. The van der Waals surface area contributed by atoms with Gasteiger partial charge in [-0.2, -0.15) is 0 Å². The number of carbonyl (C=O) groups excluding carboxylic acids is 2. The molecule has 0 spiro atoms. The Labute approximate surface area is 158 Å². The van der Waals surface area contributed by atoms with E-state index in [-0.39, 0.29) is 11.3 Å². The summed E-state index contributed by atoms with van der Waals surface area (Å²) in [6.07, 6.45) is 1.24. The molecule has 0 atom stereocenters. The number of benzene rings is 2. The van der Waals surface area contributed by atoms with Crippen LogP contribution < -0.4 is 10.6 Å². The molecule has 136 valence electrons. The first kappa shape index (κ1) is 18.5. The number of halogens is 3. The molecule has 0 aliphatic carbocycles. The summed E-state index contributed by atoms with van der Waals surface area (Å²) in [6, 6.07) is 12.4. The monoisotopic (exact) mass is 387 g/mol. The van der Waals surface area contributed by atoms with E-state index >= 15 is 0 Å². The summed E-state index contributed by atoms with van der Waals surface area (Å²) in [4.78, 5) is 28.5. The van der Waals surface area contributed by atoms with E-state index in [4.69, 9.17) is 11.6 Å². The molecular weight excluding hydrogens is 376 g/mol. The van der Waals surface area contributed by atoms with Gasteiger partial charge in [-0.3, -0.25) is 14.6 Å². The smallest absolute Gasteiger partial charge is 0.274 e. The number of para-hydroxylation sites is 2. The van der Waals surface area contributed by atoms with Crippen molar-refractivity contribution in [3.05, 3.63) is 88.7 Å². The number of rotatable bonds is 4. The van der Waals surface area contributed by atoms with Crippen molar-refractivity contribution < 1.29 is 18.4 Å². The summed E-state index contributed by atoms with van der Waals surface area (Å²) in [5, 5.41) is 5.07. The van der Waals surface area contributed by atoms with E-state index in [9.17, 15) is 18.4 Å². The number of amides is 2. The van der Waals surface area contributed by atoms with Gasteiger partial charge < -0.3 is 10.6 Å². The third-order valence-corrected chi connectivity index (χ3v) is 3.91. The minimum Gasteiger partial charge on any atom is -0.319 e. The lowest BCUT2D eigenvalue weighted by atomic mass is 10.2. The van der Waals surface area contributed by atoms with Crippen LogP contribution in [0.5, 0.6) is 0 Å². The molecule has 27 heavy (non-hydrogen) atoms. The maximum Gasteiger partial charge on any atom is 0.274 e. The maximum absolute atomic E-state index is 13.7. The lowest BCUT2D eigenvalue weighted by molar-refractivity contribution is 0.102. The third-order valence-electron chi connectivity index (χ3n) is 3.58. The van der Waals surface area contributed by atoms with Gasteiger partial charge in [0.05, 0.1) is 10.7 Å². The fourth-order valence-electron chi connectivity index (χ4n) is 2.25. The highest BCUT2D eigenvalue weighted by Gasteiger charge is 2.16. The van der Waals surface area contributed by atoms with Gasteiger partial charge in [0.1, 0.15) is 23.0 Å². The molecule has 1 aromatic heterocycles. The molecule has 0 aliphatic heterocycles. The van der Waals surface area contributed by atoms with Gasteiger partial charge in [-0.1, -0.05) is 29.8 Å². The van der Waals surface area contributed by atoms with Gasteiger partial charge in [0, 0.05) is 11.8 Å². The lowest BCUT2D eigenvalue weighted by Crippen LogP contribution is -2.18. The molecule has 3 rings (SSSR count). The molecule has 0 saturated carbocycles. The van der Waals surface area contributed by atoms with Gasteiger partial charge in [-0.05, 0) is 36.4 Å². The van der Waals surface area contributed by atoms with Crippen LogP contribution in [-0.4, -0.2) is 16.8 Å². The molecule has 0 fully saturated rings. The Hall–Kier alpha value is -3.32. The van der Waals surface area contributed by atoms with Crippen molar-refractivity contribution in [3.63, 3.8) is 0 Å². The van der Waals surface area contributed by atoms with Gasteiger partial charge in [-0.25, -0.2) is 8.78 Å². The summed E-state index contributed by atoms with van der Waals surface area (Å²) in [7, 11) is 0. The van der Waals surface area contributed by atoms with Gasteiger partial charge >= 0.3 is 0 Å². The number of nitrogens with one attached hydrogen (secondary N) is 2. The van der Waals surface area contributed by atoms with Crippen molar-refractivity contribution in [1.82, 2.24) is 4.98 Å². The Balaban J connectivity index is 1.80. The summed E-state index contributed by atoms with van der Waals surface area (Å²) >= 11 is 5.99. The molecule has 0 bridgehead atoms. The van der Waals surface area contributed by atoms with Crippen molar-refractivity contribution in [3.8, 4) is 0 Å². The van der Waals surface area contributed by atoms with Crippen molar-refractivity contribution in [1.29, 1.82) is 0 Å². The van der Waals surface area contributed by atoms with Gasteiger partial charge in [0.15, 0.2) is 0 Å². The second kappa shape index (κ2) is 7.92. The van der Waals surface area contributed by atoms with Gasteiger partial charge in [0.25, 0.3) is 11.8 Å². The molecule has 0 aliphatic rings. The van der Waals surface area contributed by atoms with Crippen molar-refractivity contribution >= 4 is 34.8 Å². The lowest BCUT2D eigenvalue weighted by Gasteiger charge is -2.09. The number of carbonyl (C=O) groups is 2. The first-order chi connectivity index (χ1) is 13.0. The third kappa shape index (κ3) is 4.27. The highest BCUT2D eigenvalue weighted by molar-refractivity contribution is 6.33. The standard InChI is InChI=1S/C19H12ClF2N3O2/c20-12-4-1-2-7-15(12)24-19(27)16-10-11(8-9-23-16)18(26)25-17-13(21)5-3-6-14(17)22/h1-10H,(H,24,27)(H,25,26). The molecule has 5 nitrogen and oxygen atoms in total. The highest BCUT2D eigenvalue weighted by atomic mass is 35.5. The quantitative estimate of drug-likeness (QED) is 0.691. The van der Waals surface area contributed by atoms with E-state index in [1.54, 1.807) is 24.3 Å². The molecular formula is C19H12ClF2N3O2. The van der Waals surface area contributed by atoms with Crippen LogP contribution in [0.25, 0.3) is 0 Å². The summed E-state index contributed by atoms with van der Waals surface area (Å²) < 4.78 is 27.3. The Morgan fingerprint density at radius 1 is 0.889 bits per heavy atom. The number of aromatic nitrogens is 1. The topological polar surface area (TPSA) is 71.1 Å². The van der Waals surface area contributed by atoms with Crippen LogP contribution >= 0.6 is 11.6 Å². The Morgan fingerprint density at radius 2 is 1.59 bits per heavy atom. The van der Waals surface area contributed by atoms with E-state index in [1.165, 1.54) is 24.4 Å². The van der Waals surface area contributed by atoms with E-state index in [0.717, 1.165) is 12.1 Å². The maximum atomic E-state index is 13.7. The molecule has 0 saturated heterocycles. The molecule has 2 amide bonds. The highest BCUT2D eigenvalue weighted by Crippen LogP contribution is 2.21. The Morgan fingerprint density at radius 3 is 2.30 bits per heavy atom. The first-order valence-corrected chi connectivity index (χ1v) is 8.11. The molecule has 1 heterocycles. The molecule has 2 N–H and O–H groups in total. The summed E-state index contributed by atoms with van der Waals surface area (Å²) in [6.45, 7) is 0. The number of nitrogens with zero attached hydrogens (tertiary/aromatic N) is 1. The van der Waals surface area contributed by atoms with E-state index in [2.05, 4.69) is 15.6 Å². The van der Waals surface area contributed by atoms with E-state index < -0.39 is 29.1 Å². The number of hydrogen-bond donors (Lipinski definition) is 2. The molecule has 0 radical (unpaired) electrons. The van der Waals surface area contributed by atoms with Crippen molar-refractivity contribution in [2.45, 2.75) is 0 Å². The second-order valence-electron chi connectivity index (χ2n) is 5.41. The molecule has 0 unspecified atom stereocenters. The number of pyridine rings is 1. The normalized spacial score (nSPS) is 10.3. The predicted molar refractivity (Wildman–Crippen MR) is 98.0 cm³/mol. The van der Waals surface area contributed by atoms with Crippen LogP contribution in [-0.2, 0) is 0 Å². The van der Waals surface area contributed by atoms with Gasteiger partial charge in [0.2, 0.25) is 0 Å². The van der Waals surface area contributed by atoms with E-state index in [1.807, 2.05) is 0 Å². The van der Waals surface area contributed by atoms with Crippen LogP contribution in [0.15, 0.2) is 60.8 Å². The zero-order valence-electron chi connectivity index (χ0n) is 13.7. The van der Waals surface area contributed by atoms with Crippen LogP contribution in [0.2, 0.25) is 5.02 Å².